The van der Waals surface area contributed by atoms with Gasteiger partial charge in [0.25, 0.3) is 0 Å². The summed E-state index contributed by atoms with van der Waals surface area (Å²) in [5.41, 5.74) is 0. The van der Waals surface area contributed by atoms with Crippen molar-refractivity contribution in [3.05, 3.63) is 30.6 Å². The molecule has 1 aromatic rings. The van der Waals surface area contributed by atoms with E-state index in [4.69, 9.17) is 0 Å². The Kier molecular flexibility index (Phi) is 8.57. The van der Waals surface area contributed by atoms with Gasteiger partial charge in [-0.15, -0.1) is 0 Å². The number of hydrogen-bond acceptors (Lipinski definition) is 3. The molecule has 2 nitrogen and oxygen atoms in total. The molecule has 96 valence electrons. The van der Waals surface area contributed by atoms with Crippen LogP contribution in [0.3, 0.4) is 0 Å². The lowest BCUT2D eigenvalue weighted by Crippen LogP contribution is -2.32. The zero-order valence-corrected chi connectivity index (χ0v) is 12.5. The van der Waals surface area contributed by atoms with Gasteiger partial charge in [0.15, 0.2) is 12.4 Å². The first kappa shape index (κ1) is 14.9. The van der Waals surface area contributed by atoms with Crippen molar-refractivity contribution >= 4 is 21.6 Å². The van der Waals surface area contributed by atoms with Crippen LogP contribution in [0.1, 0.15) is 12.8 Å². The molecular weight excluding hydrogens is 248 g/mol. The van der Waals surface area contributed by atoms with Crippen LogP contribution < -0.4 is 4.57 Å². The van der Waals surface area contributed by atoms with Gasteiger partial charge in [-0.1, -0.05) is 27.7 Å². The Balaban J connectivity index is 1.88. The predicted octanol–water partition coefficient (Wildman–Crippen LogP) is 2.70. The number of pyridine rings is 1. The molecule has 0 aliphatic rings. The second kappa shape index (κ2) is 9.80. The van der Waals surface area contributed by atoms with Crippen molar-refractivity contribution in [2.24, 2.45) is 0 Å². The second-order valence-electron chi connectivity index (χ2n) is 4.27. The first-order valence-electron chi connectivity index (χ1n) is 6.12. The van der Waals surface area contributed by atoms with Crippen LogP contribution in [0.25, 0.3) is 0 Å². The third kappa shape index (κ3) is 8.52. The molecule has 0 unspecified atom stereocenters. The molecule has 0 amide bonds. The average Bonchev–Trinajstić information content (AvgIpc) is 2.33. The lowest BCUT2D eigenvalue weighted by atomic mass is 10.4. The topological polar surface area (TPSA) is 7.12 Å². The fourth-order valence-corrected chi connectivity index (χ4v) is 3.59. The van der Waals surface area contributed by atoms with E-state index in [9.17, 15) is 0 Å². The van der Waals surface area contributed by atoms with E-state index in [-0.39, 0.29) is 0 Å². The molecular formula is C13H23N2S2+. The Bertz CT molecular complexity index is 278. The number of rotatable bonds is 9. The molecule has 1 rings (SSSR count). The normalized spacial score (nSPS) is 11.0. The molecule has 0 saturated carbocycles. The molecule has 0 radical (unpaired) electrons. The first-order valence-corrected chi connectivity index (χ1v) is 8.61. The number of nitrogens with zero attached hydrogens (tertiary/aromatic N) is 2. The van der Waals surface area contributed by atoms with Crippen LogP contribution >= 0.6 is 21.6 Å². The van der Waals surface area contributed by atoms with Gasteiger partial charge in [0, 0.05) is 30.1 Å². The SMILES string of the molecule is CN(C)CCCSSCCC[n+]1ccccc1. The smallest absolute Gasteiger partial charge is 0.168 e. The predicted molar refractivity (Wildman–Crippen MR) is 79.3 cm³/mol. The van der Waals surface area contributed by atoms with Gasteiger partial charge in [0.05, 0.1) is 0 Å². The van der Waals surface area contributed by atoms with Gasteiger partial charge >= 0.3 is 0 Å². The van der Waals surface area contributed by atoms with Crippen LogP contribution in [0.5, 0.6) is 0 Å². The van der Waals surface area contributed by atoms with E-state index in [0.29, 0.717) is 0 Å². The van der Waals surface area contributed by atoms with Crippen molar-refractivity contribution in [1.82, 2.24) is 4.90 Å². The van der Waals surface area contributed by atoms with E-state index in [0.717, 1.165) is 6.54 Å². The van der Waals surface area contributed by atoms with E-state index < -0.39 is 0 Å². The highest BCUT2D eigenvalue weighted by Crippen LogP contribution is 2.22. The molecule has 0 saturated heterocycles. The minimum Gasteiger partial charge on any atom is -0.309 e. The molecule has 0 N–H and O–H groups in total. The summed E-state index contributed by atoms with van der Waals surface area (Å²) < 4.78 is 2.25. The van der Waals surface area contributed by atoms with E-state index in [1.807, 2.05) is 21.6 Å². The molecule has 0 aliphatic carbocycles. The summed E-state index contributed by atoms with van der Waals surface area (Å²) in [6, 6.07) is 6.23. The number of aromatic nitrogens is 1. The Morgan fingerprint density at radius 1 is 0.941 bits per heavy atom. The maximum Gasteiger partial charge on any atom is 0.168 e. The zero-order chi connectivity index (χ0) is 12.3. The molecule has 0 atom stereocenters. The van der Waals surface area contributed by atoms with Gasteiger partial charge in [-0.3, -0.25) is 0 Å². The molecule has 1 heterocycles. The van der Waals surface area contributed by atoms with Crippen LogP contribution in [-0.4, -0.2) is 37.0 Å². The summed E-state index contributed by atoms with van der Waals surface area (Å²) in [7, 11) is 8.29. The highest BCUT2D eigenvalue weighted by atomic mass is 33.1. The molecule has 0 spiro atoms. The monoisotopic (exact) mass is 271 g/mol. The Labute approximate surface area is 113 Å². The standard InChI is InChI=1S/C13H23N2S2/c1-14(2)8-6-12-16-17-13-7-11-15-9-4-3-5-10-15/h3-5,9-10H,6-8,11-13H2,1-2H3/q+1. The summed E-state index contributed by atoms with van der Waals surface area (Å²) in [6.45, 7) is 2.33. The lowest BCUT2D eigenvalue weighted by Gasteiger charge is -2.07. The summed E-state index contributed by atoms with van der Waals surface area (Å²) in [6.07, 6.45) is 6.81. The first-order chi connectivity index (χ1) is 8.29. The Morgan fingerprint density at radius 2 is 1.59 bits per heavy atom. The van der Waals surface area contributed by atoms with Gasteiger partial charge in [-0.05, 0) is 27.1 Å². The maximum atomic E-state index is 2.25. The molecule has 1 aromatic heterocycles. The van der Waals surface area contributed by atoms with Crippen molar-refractivity contribution in [2.75, 3.05) is 32.1 Å². The minimum absolute atomic E-state index is 1.13. The summed E-state index contributed by atoms with van der Waals surface area (Å²) >= 11 is 0. The Hall–Kier alpha value is -0.190. The van der Waals surface area contributed by atoms with Gasteiger partial charge in [0.2, 0.25) is 0 Å². The van der Waals surface area contributed by atoms with Gasteiger partial charge in [-0.2, -0.15) is 0 Å². The van der Waals surface area contributed by atoms with Gasteiger partial charge in [-0.25, -0.2) is 4.57 Å². The fraction of sp³-hybridized carbons (Fsp3) is 0.615. The Morgan fingerprint density at radius 3 is 2.24 bits per heavy atom. The van der Waals surface area contributed by atoms with Crippen molar-refractivity contribution in [3.8, 4) is 0 Å². The highest BCUT2D eigenvalue weighted by Gasteiger charge is 1.98. The second-order valence-corrected chi connectivity index (χ2v) is 6.97. The summed E-state index contributed by atoms with van der Waals surface area (Å²) in [5, 5.41) is 0. The highest BCUT2D eigenvalue weighted by molar-refractivity contribution is 8.76. The number of hydrogen-bond donors (Lipinski definition) is 0. The molecule has 0 aromatic carbocycles. The van der Waals surface area contributed by atoms with Crippen molar-refractivity contribution in [1.29, 1.82) is 0 Å². The molecule has 0 fully saturated rings. The molecule has 0 bridgehead atoms. The minimum atomic E-state index is 1.13. The third-order valence-corrected chi connectivity index (χ3v) is 4.91. The largest absolute Gasteiger partial charge is 0.309 e. The van der Waals surface area contributed by atoms with E-state index in [2.05, 4.69) is 54.2 Å². The van der Waals surface area contributed by atoms with Crippen molar-refractivity contribution in [2.45, 2.75) is 19.4 Å². The maximum absolute atomic E-state index is 2.25. The third-order valence-electron chi connectivity index (χ3n) is 2.34. The van der Waals surface area contributed by atoms with Crippen LogP contribution in [0.4, 0.5) is 0 Å². The lowest BCUT2D eigenvalue weighted by molar-refractivity contribution is -0.696. The van der Waals surface area contributed by atoms with E-state index in [1.165, 1.54) is 30.9 Å². The van der Waals surface area contributed by atoms with Crippen LogP contribution in [0.15, 0.2) is 30.6 Å². The van der Waals surface area contributed by atoms with Gasteiger partial charge < -0.3 is 4.90 Å². The molecule has 4 heteroatoms. The van der Waals surface area contributed by atoms with Crippen LogP contribution in [0.2, 0.25) is 0 Å². The molecule has 17 heavy (non-hydrogen) atoms. The molecule has 0 aliphatic heterocycles. The fourth-order valence-electron chi connectivity index (χ4n) is 1.45. The van der Waals surface area contributed by atoms with Gasteiger partial charge in [0.1, 0.15) is 6.54 Å². The average molecular weight is 271 g/mol. The van der Waals surface area contributed by atoms with Crippen LogP contribution in [-0.2, 0) is 6.54 Å². The number of aryl methyl sites for hydroxylation is 1. The van der Waals surface area contributed by atoms with Crippen molar-refractivity contribution < 1.29 is 4.57 Å². The zero-order valence-electron chi connectivity index (χ0n) is 10.8. The van der Waals surface area contributed by atoms with E-state index >= 15 is 0 Å². The van der Waals surface area contributed by atoms with Crippen LogP contribution in [0, 0.1) is 0 Å². The summed E-state index contributed by atoms with van der Waals surface area (Å²) in [5.74, 6) is 2.51. The quantitative estimate of drug-likeness (QED) is 0.387. The summed E-state index contributed by atoms with van der Waals surface area (Å²) in [4.78, 5) is 2.25. The van der Waals surface area contributed by atoms with Crippen molar-refractivity contribution in [3.63, 3.8) is 0 Å². The van der Waals surface area contributed by atoms with E-state index in [1.54, 1.807) is 0 Å².